The molecule has 4 nitrogen and oxygen atoms in total. The van der Waals surface area contributed by atoms with Crippen LogP contribution in [-0.2, 0) is 16.0 Å². The lowest BCUT2D eigenvalue weighted by Crippen LogP contribution is -2.46. The number of carbonyl (C=O) groups is 2. The third kappa shape index (κ3) is 2.16. The fourth-order valence-electron chi connectivity index (χ4n) is 2.98. The molecule has 1 aromatic carbocycles. The van der Waals surface area contributed by atoms with Crippen molar-refractivity contribution in [1.29, 1.82) is 0 Å². The van der Waals surface area contributed by atoms with Gasteiger partial charge in [-0.25, -0.2) is 0 Å². The van der Waals surface area contributed by atoms with Gasteiger partial charge in [-0.15, -0.1) is 0 Å². The van der Waals surface area contributed by atoms with Gasteiger partial charge in [0, 0.05) is 12.2 Å². The molecule has 1 atom stereocenters. The molecule has 19 heavy (non-hydrogen) atoms. The van der Waals surface area contributed by atoms with E-state index in [4.69, 9.17) is 0 Å². The average Bonchev–Trinajstić information content (AvgIpc) is 2.82. The van der Waals surface area contributed by atoms with Crippen LogP contribution in [0.4, 0.5) is 5.69 Å². The first-order valence-corrected chi connectivity index (χ1v) is 6.77. The molecule has 0 aliphatic carbocycles. The van der Waals surface area contributed by atoms with Gasteiger partial charge in [-0.1, -0.05) is 18.2 Å². The predicted octanol–water partition coefficient (Wildman–Crippen LogP) is 1.10. The van der Waals surface area contributed by atoms with E-state index in [1.807, 2.05) is 30.1 Å². The van der Waals surface area contributed by atoms with Gasteiger partial charge in [0.1, 0.15) is 0 Å². The van der Waals surface area contributed by atoms with E-state index in [1.54, 1.807) is 4.90 Å². The molecule has 2 aliphatic heterocycles. The molecule has 0 bridgehead atoms. The Balaban J connectivity index is 1.80. The Hall–Kier alpha value is -1.68. The predicted molar refractivity (Wildman–Crippen MR) is 73.1 cm³/mol. The Kier molecular flexibility index (Phi) is 3.11. The molecule has 4 heteroatoms. The summed E-state index contributed by atoms with van der Waals surface area (Å²) in [7, 11) is 1.92. The fourth-order valence-corrected chi connectivity index (χ4v) is 2.98. The van der Waals surface area contributed by atoms with Crippen LogP contribution in [-0.4, -0.2) is 43.3 Å². The molecule has 100 valence electrons. The minimum Gasteiger partial charge on any atom is -0.311 e. The number of para-hydroxylation sites is 1. The van der Waals surface area contributed by atoms with Gasteiger partial charge in [-0.2, -0.15) is 0 Å². The van der Waals surface area contributed by atoms with E-state index in [0.29, 0.717) is 19.5 Å². The number of carbonyl (C=O) groups excluding carboxylic acids is 2. The van der Waals surface area contributed by atoms with E-state index in [-0.39, 0.29) is 11.7 Å². The standard InChI is InChI=1S/C15H18N2O2/c1-16-8-7-12(14(18)10-16)15(19)17-9-6-11-4-2-3-5-13(11)17/h2-5,12H,6-10H2,1H3. The van der Waals surface area contributed by atoms with E-state index in [0.717, 1.165) is 18.7 Å². The van der Waals surface area contributed by atoms with Gasteiger partial charge in [0.15, 0.2) is 5.78 Å². The summed E-state index contributed by atoms with van der Waals surface area (Å²) >= 11 is 0. The lowest BCUT2D eigenvalue weighted by Gasteiger charge is -2.30. The summed E-state index contributed by atoms with van der Waals surface area (Å²) < 4.78 is 0. The van der Waals surface area contributed by atoms with E-state index >= 15 is 0 Å². The summed E-state index contributed by atoms with van der Waals surface area (Å²) in [6.45, 7) is 1.92. The summed E-state index contributed by atoms with van der Waals surface area (Å²) in [6, 6.07) is 7.97. The maximum absolute atomic E-state index is 12.6. The second-order valence-corrected chi connectivity index (χ2v) is 5.41. The number of hydrogen-bond donors (Lipinski definition) is 0. The highest BCUT2D eigenvalue weighted by Crippen LogP contribution is 2.30. The number of anilines is 1. The highest BCUT2D eigenvalue weighted by Gasteiger charge is 2.36. The second-order valence-electron chi connectivity index (χ2n) is 5.41. The minimum absolute atomic E-state index is 0.0111. The van der Waals surface area contributed by atoms with Gasteiger partial charge in [0.2, 0.25) is 5.91 Å². The highest BCUT2D eigenvalue weighted by molar-refractivity contribution is 6.10. The number of piperidine rings is 1. The molecular weight excluding hydrogens is 240 g/mol. The summed E-state index contributed by atoms with van der Waals surface area (Å²) in [5, 5.41) is 0. The van der Waals surface area contributed by atoms with Gasteiger partial charge in [0.05, 0.1) is 12.5 Å². The number of benzene rings is 1. The van der Waals surface area contributed by atoms with Crippen molar-refractivity contribution in [3.8, 4) is 0 Å². The van der Waals surface area contributed by atoms with Crippen LogP contribution in [0, 0.1) is 5.92 Å². The normalized spacial score (nSPS) is 23.5. The van der Waals surface area contributed by atoms with Crippen LogP contribution in [0.2, 0.25) is 0 Å². The zero-order valence-corrected chi connectivity index (χ0v) is 11.1. The fraction of sp³-hybridized carbons (Fsp3) is 0.467. The Bertz CT molecular complexity index is 527. The first-order valence-electron chi connectivity index (χ1n) is 6.77. The van der Waals surface area contributed by atoms with Crippen LogP contribution >= 0.6 is 0 Å². The summed E-state index contributed by atoms with van der Waals surface area (Å²) in [5.41, 5.74) is 2.19. The van der Waals surface area contributed by atoms with Gasteiger partial charge >= 0.3 is 0 Å². The molecular formula is C15H18N2O2. The number of fused-ring (bicyclic) bond motifs is 1. The lowest BCUT2D eigenvalue weighted by atomic mass is 9.94. The smallest absolute Gasteiger partial charge is 0.237 e. The quantitative estimate of drug-likeness (QED) is 0.708. The molecule has 0 radical (unpaired) electrons. The van der Waals surface area contributed by atoms with Crippen molar-refractivity contribution in [2.45, 2.75) is 12.8 Å². The first kappa shape index (κ1) is 12.4. The average molecular weight is 258 g/mol. The maximum atomic E-state index is 12.6. The van der Waals surface area contributed by atoms with Crippen molar-refractivity contribution >= 4 is 17.4 Å². The van der Waals surface area contributed by atoms with Crippen molar-refractivity contribution in [2.75, 3.05) is 31.6 Å². The molecule has 1 fully saturated rings. The van der Waals surface area contributed by atoms with Crippen molar-refractivity contribution in [3.05, 3.63) is 29.8 Å². The number of nitrogens with zero attached hydrogens (tertiary/aromatic N) is 2. The molecule has 2 heterocycles. The van der Waals surface area contributed by atoms with Gasteiger partial charge < -0.3 is 4.90 Å². The zero-order valence-electron chi connectivity index (χ0n) is 11.1. The largest absolute Gasteiger partial charge is 0.311 e. The van der Waals surface area contributed by atoms with Crippen molar-refractivity contribution in [1.82, 2.24) is 4.90 Å². The third-order valence-corrected chi connectivity index (χ3v) is 4.07. The van der Waals surface area contributed by atoms with Crippen LogP contribution in [0.1, 0.15) is 12.0 Å². The number of ketones is 1. The Morgan fingerprint density at radius 3 is 2.84 bits per heavy atom. The molecule has 0 aromatic heterocycles. The van der Waals surface area contributed by atoms with E-state index in [1.165, 1.54) is 5.56 Å². The molecule has 2 aliphatic rings. The highest BCUT2D eigenvalue weighted by atomic mass is 16.2. The van der Waals surface area contributed by atoms with Gasteiger partial charge in [-0.05, 0) is 38.1 Å². The van der Waals surface area contributed by atoms with Gasteiger partial charge in [0.25, 0.3) is 0 Å². The Labute approximate surface area is 113 Å². The van der Waals surface area contributed by atoms with Crippen molar-refractivity contribution in [3.63, 3.8) is 0 Å². The van der Waals surface area contributed by atoms with Crippen LogP contribution in [0.25, 0.3) is 0 Å². The monoisotopic (exact) mass is 258 g/mol. The maximum Gasteiger partial charge on any atom is 0.237 e. The Morgan fingerprint density at radius 1 is 1.26 bits per heavy atom. The number of likely N-dealkylation sites (N-methyl/N-ethyl adjacent to an activating group) is 1. The molecule has 0 saturated carbocycles. The molecule has 1 amide bonds. The summed E-state index contributed by atoms with van der Waals surface area (Å²) in [5.74, 6) is -0.395. The van der Waals surface area contributed by atoms with Crippen LogP contribution in [0.3, 0.4) is 0 Å². The van der Waals surface area contributed by atoms with E-state index in [2.05, 4.69) is 6.07 Å². The number of hydrogen-bond acceptors (Lipinski definition) is 3. The number of likely N-dealkylation sites (tertiary alicyclic amines) is 1. The SMILES string of the molecule is CN1CCC(C(=O)N2CCc3ccccc32)C(=O)C1. The lowest BCUT2D eigenvalue weighted by molar-refractivity contribution is -0.135. The van der Waals surface area contributed by atoms with E-state index in [9.17, 15) is 9.59 Å². The molecule has 1 saturated heterocycles. The first-order chi connectivity index (χ1) is 9.16. The number of rotatable bonds is 1. The summed E-state index contributed by atoms with van der Waals surface area (Å²) in [6.07, 6.45) is 1.54. The molecule has 0 spiro atoms. The summed E-state index contributed by atoms with van der Waals surface area (Å²) in [4.78, 5) is 28.4. The number of Topliss-reactive ketones (excluding diaryl/α,β-unsaturated/α-hetero) is 1. The Morgan fingerprint density at radius 2 is 2.05 bits per heavy atom. The minimum atomic E-state index is -0.442. The van der Waals surface area contributed by atoms with Gasteiger partial charge in [-0.3, -0.25) is 14.5 Å². The second kappa shape index (κ2) is 4.78. The van der Waals surface area contributed by atoms with Crippen LogP contribution in [0.15, 0.2) is 24.3 Å². The molecule has 0 N–H and O–H groups in total. The zero-order chi connectivity index (χ0) is 13.4. The third-order valence-electron chi connectivity index (χ3n) is 4.07. The van der Waals surface area contributed by atoms with Crippen molar-refractivity contribution in [2.24, 2.45) is 5.92 Å². The topological polar surface area (TPSA) is 40.6 Å². The molecule has 3 rings (SSSR count). The van der Waals surface area contributed by atoms with E-state index < -0.39 is 5.92 Å². The molecule has 1 unspecified atom stereocenters. The van der Waals surface area contributed by atoms with Crippen molar-refractivity contribution < 1.29 is 9.59 Å². The molecule has 1 aromatic rings. The number of amides is 1. The van der Waals surface area contributed by atoms with Crippen LogP contribution < -0.4 is 4.90 Å². The van der Waals surface area contributed by atoms with Crippen LogP contribution in [0.5, 0.6) is 0 Å².